The normalized spacial score (nSPS) is 15.2. The lowest BCUT2D eigenvalue weighted by Crippen LogP contribution is -1.98. The number of hydrogen-bond acceptors (Lipinski definition) is 4. The van der Waals surface area contributed by atoms with Crippen LogP contribution in [0, 0.1) is 0 Å². The quantitative estimate of drug-likeness (QED) is 0.471. The van der Waals surface area contributed by atoms with E-state index in [0.717, 1.165) is 0 Å². The summed E-state index contributed by atoms with van der Waals surface area (Å²) in [5.41, 5.74) is 1.29. The average Bonchev–Trinajstić information content (AvgIpc) is 2.22. The first kappa shape index (κ1) is 7.58. The second kappa shape index (κ2) is 6.64. The Morgan fingerprint density at radius 1 is 1.08 bits per heavy atom. The van der Waals surface area contributed by atoms with Crippen LogP contribution < -0.4 is 0 Å². The van der Waals surface area contributed by atoms with Crippen LogP contribution in [-0.2, 0) is 9.68 Å². The molecule has 0 aromatic carbocycles. The van der Waals surface area contributed by atoms with Gasteiger partial charge in [0.05, 0.1) is 11.4 Å². The fourth-order valence-corrected chi connectivity index (χ4v) is 0.638. The van der Waals surface area contributed by atoms with Crippen molar-refractivity contribution in [3.63, 3.8) is 0 Å². The highest BCUT2D eigenvalue weighted by molar-refractivity contribution is 5.88. The Bertz CT molecular complexity index is 186. The summed E-state index contributed by atoms with van der Waals surface area (Å²) in [4.78, 5) is 9.14. The van der Waals surface area contributed by atoms with Gasteiger partial charge in [-0.05, 0) is 26.6 Å². The third-order valence-electron chi connectivity index (χ3n) is 1.14. The highest BCUT2D eigenvalue weighted by Crippen LogP contribution is 1.96. The molecular formula is C8H16N2O2. The van der Waals surface area contributed by atoms with Crippen molar-refractivity contribution in [2.24, 2.45) is 10.3 Å². The fraction of sp³-hybridized carbons (Fsp3) is 0.750. The van der Waals surface area contributed by atoms with E-state index >= 15 is 0 Å². The van der Waals surface area contributed by atoms with Gasteiger partial charge >= 0.3 is 0 Å². The van der Waals surface area contributed by atoms with Crippen molar-refractivity contribution in [3.05, 3.63) is 0 Å². The van der Waals surface area contributed by atoms with Gasteiger partial charge in [0, 0.05) is 2.74 Å². The zero-order chi connectivity index (χ0) is 10.8. The number of rotatable bonds is 5. The van der Waals surface area contributed by atoms with Crippen LogP contribution in [0.4, 0.5) is 0 Å². The molecule has 12 heavy (non-hydrogen) atoms. The maximum atomic E-state index is 7.14. The Labute approximate surface area is 76.0 Å². The minimum atomic E-state index is 0.103. The molecule has 0 radical (unpaired) electrons. The standard InChI is InChI=1S/C8H16N2O2/c1-7(9-11-3)5-6-8(2)10-12-4/h5-6H2,1-4H3/b9-7+,10-8+/i1D,2D. The van der Waals surface area contributed by atoms with E-state index in [4.69, 9.17) is 2.74 Å². The Morgan fingerprint density at radius 2 is 1.50 bits per heavy atom. The van der Waals surface area contributed by atoms with E-state index in [1.807, 2.05) is 0 Å². The Balaban J connectivity index is 4.00. The maximum Gasteiger partial charge on any atom is 0.106 e. The van der Waals surface area contributed by atoms with Gasteiger partial charge in [-0.3, -0.25) is 0 Å². The van der Waals surface area contributed by atoms with E-state index in [1.54, 1.807) is 0 Å². The van der Waals surface area contributed by atoms with Gasteiger partial charge in [0.25, 0.3) is 0 Å². The maximum absolute atomic E-state index is 7.14. The molecule has 0 unspecified atom stereocenters. The largest absolute Gasteiger partial charge is 0.399 e. The van der Waals surface area contributed by atoms with Crippen LogP contribution in [0.2, 0.25) is 0 Å². The molecule has 0 aliphatic rings. The highest BCUT2D eigenvalue weighted by atomic mass is 16.6. The van der Waals surface area contributed by atoms with Crippen LogP contribution in [-0.4, -0.2) is 25.6 Å². The molecule has 0 heterocycles. The fourth-order valence-electron chi connectivity index (χ4n) is 0.638. The van der Waals surface area contributed by atoms with Crippen LogP contribution in [0.15, 0.2) is 10.3 Å². The van der Waals surface area contributed by atoms with Gasteiger partial charge in [-0.15, -0.1) is 0 Å². The van der Waals surface area contributed by atoms with Crippen molar-refractivity contribution in [2.45, 2.75) is 26.6 Å². The SMILES string of the molecule is [2H]C/C(CC/C(C[2H])=N/OC)=N\OC. The lowest BCUT2D eigenvalue weighted by atomic mass is 10.2. The van der Waals surface area contributed by atoms with E-state index in [-0.39, 0.29) is 13.8 Å². The molecule has 0 aliphatic heterocycles. The second-order valence-corrected chi connectivity index (χ2v) is 2.18. The van der Waals surface area contributed by atoms with E-state index in [9.17, 15) is 0 Å². The smallest absolute Gasteiger partial charge is 0.106 e. The van der Waals surface area contributed by atoms with Crippen LogP contribution in [0.25, 0.3) is 0 Å². The second-order valence-electron chi connectivity index (χ2n) is 2.18. The lowest BCUT2D eigenvalue weighted by Gasteiger charge is -1.98. The molecule has 0 saturated heterocycles. The predicted molar refractivity (Wildman–Crippen MR) is 49.5 cm³/mol. The summed E-state index contributed by atoms with van der Waals surface area (Å²) < 4.78 is 14.3. The molecular weight excluding hydrogens is 156 g/mol. The van der Waals surface area contributed by atoms with E-state index in [2.05, 4.69) is 20.0 Å². The molecule has 0 rings (SSSR count). The molecule has 0 spiro atoms. The van der Waals surface area contributed by atoms with E-state index < -0.39 is 0 Å². The number of nitrogens with zero attached hydrogens (tertiary/aromatic N) is 2. The zero-order valence-corrected chi connectivity index (χ0v) is 7.54. The minimum Gasteiger partial charge on any atom is -0.399 e. The topological polar surface area (TPSA) is 43.2 Å². The number of oxime groups is 2. The molecule has 0 aromatic heterocycles. The summed E-state index contributed by atoms with van der Waals surface area (Å²) in [5.74, 6) is 0. The molecule has 0 aromatic rings. The third-order valence-corrected chi connectivity index (χ3v) is 1.14. The van der Waals surface area contributed by atoms with Gasteiger partial charge in [-0.2, -0.15) is 0 Å². The molecule has 0 saturated carbocycles. The van der Waals surface area contributed by atoms with Gasteiger partial charge in [0.15, 0.2) is 0 Å². The molecule has 0 fully saturated rings. The molecule has 0 aliphatic carbocycles. The van der Waals surface area contributed by atoms with Gasteiger partial charge < -0.3 is 9.68 Å². The van der Waals surface area contributed by atoms with Gasteiger partial charge in [0.2, 0.25) is 0 Å². The highest BCUT2D eigenvalue weighted by Gasteiger charge is 1.95. The first-order valence-corrected chi connectivity index (χ1v) is 3.54. The average molecular weight is 174 g/mol. The van der Waals surface area contributed by atoms with Crippen molar-refractivity contribution in [1.82, 2.24) is 0 Å². The first-order chi connectivity index (χ1) is 6.78. The van der Waals surface area contributed by atoms with Gasteiger partial charge in [-0.1, -0.05) is 10.3 Å². The summed E-state index contributed by atoms with van der Waals surface area (Å²) >= 11 is 0. The van der Waals surface area contributed by atoms with Crippen molar-refractivity contribution in [1.29, 1.82) is 0 Å². The van der Waals surface area contributed by atoms with Gasteiger partial charge in [-0.25, -0.2) is 0 Å². The summed E-state index contributed by atoms with van der Waals surface area (Å²) in [7, 11) is 2.90. The lowest BCUT2D eigenvalue weighted by molar-refractivity contribution is 0.211. The summed E-state index contributed by atoms with van der Waals surface area (Å²) in [6.45, 7) is 0.207. The van der Waals surface area contributed by atoms with Crippen molar-refractivity contribution in [2.75, 3.05) is 14.2 Å². The summed E-state index contributed by atoms with van der Waals surface area (Å²) in [6, 6.07) is 0. The molecule has 0 atom stereocenters. The third kappa shape index (κ3) is 5.70. The Morgan fingerprint density at radius 3 is 1.75 bits per heavy atom. The molecule has 0 N–H and O–H groups in total. The Hall–Kier alpha value is -1.06. The van der Waals surface area contributed by atoms with Crippen molar-refractivity contribution < 1.29 is 12.4 Å². The molecule has 0 bridgehead atoms. The molecule has 70 valence electrons. The Kier molecular flexibility index (Phi) is 4.19. The van der Waals surface area contributed by atoms with Crippen LogP contribution in [0.1, 0.15) is 29.4 Å². The van der Waals surface area contributed by atoms with E-state index in [1.165, 1.54) is 14.2 Å². The monoisotopic (exact) mass is 174 g/mol. The van der Waals surface area contributed by atoms with Gasteiger partial charge in [0.1, 0.15) is 14.2 Å². The van der Waals surface area contributed by atoms with Crippen molar-refractivity contribution >= 4 is 11.4 Å². The molecule has 4 heteroatoms. The predicted octanol–water partition coefficient (Wildman–Crippen LogP) is 1.81. The van der Waals surface area contributed by atoms with Crippen molar-refractivity contribution in [3.8, 4) is 0 Å². The minimum absolute atomic E-state index is 0.103. The van der Waals surface area contributed by atoms with Crippen LogP contribution in [0.5, 0.6) is 0 Å². The summed E-state index contributed by atoms with van der Waals surface area (Å²) in [6.07, 6.45) is 1.16. The summed E-state index contributed by atoms with van der Waals surface area (Å²) in [5, 5.41) is 7.36. The van der Waals surface area contributed by atoms with Crippen LogP contribution in [0.3, 0.4) is 0 Å². The molecule has 0 amide bonds. The number of hydrogen-bond donors (Lipinski definition) is 0. The van der Waals surface area contributed by atoms with E-state index in [0.29, 0.717) is 24.3 Å². The van der Waals surface area contributed by atoms with Crippen LogP contribution >= 0.6 is 0 Å². The zero-order valence-electron chi connectivity index (χ0n) is 9.54. The molecule has 4 nitrogen and oxygen atoms in total. The first-order valence-electron chi connectivity index (χ1n) is 4.96.